The summed E-state index contributed by atoms with van der Waals surface area (Å²) in [6, 6.07) is 25.3. The molecule has 0 saturated carbocycles. The lowest BCUT2D eigenvalue weighted by molar-refractivity contribution is 0.474. The molecule has 0 unspecified atom stereocenters. The average molecular weight is 313 g/mol. The first-order chi connectivity index (χ1) is 11.7. The molecule has 3 aromatic carbocycles. The van der Waals surface area contributed by atoms with Gasteiger partial charge in [0.05, 0.1) is 5.57 Å². The minimum atomic E-state index is 0.155. The van der Waals surface area contributed by atoms with Gasteiger partial charge in [0, 0.05) is 5.57 Å². The number of phenolic OH excluding ortho intramolecular Hbond substituents is 2. The van der Waals surface area contributed by atoms with E-state index in [1.54, 1.807) is 48.5 Å². The van der Waals surface area contributed by atoms with E-state index >= 15 is 0 Å². The summed E-state index contributed by atoms with van der Waals surface area (Å²) >= 11 is 0. The first-order valence-electron chi connectivity index (χ1n) is 7.47. The van der Waals surface area contributed by atoms with E-state index in [-0.39, 0.29) is 11.5 Å². The second-order valence-electron chi connectivity index (χ2n) is 5.32. The first-order valence-corrected chi connectivity index (χ1v) is 7.47. The van der Waals surface area contributed by atoms with Gasteiger partial charge in [0.1, 0.15) is 17.6 Å². The van der Waals surface area contributed by atoms with Crippen LogP contribution in [-0.2, 0) is 0 Å². The normalized spacial score (nSPS) is 11.5. The highest BCUT2D eigenvalue weighted by atomic mass is 16.3. The number of hydrogen-bond acceptors (Lipinski definition) is 3. The molecular formula is C21H15NO2. The van der Waals surface area contributed by atoms with Gasteiger partial charge >= 0.3 is 0 Å². The second kappa shape index (κ2) is 6.72. The molecule has 0 bridgehead atoms. The van der Waals surface area contributed by atoms with Gasteiger partial charge < -0.3 is 10.2 Å². The maximum absolute atomic E-state index is 9.78. The van der Waals surface area contributed by atoms with Crippen LogP contribution in [0.5, 0.6) is 11.5 Å². The molecule has 0 spiro atoms. The van der Waals surface area contributed by atoms with E-state index in [2.05, 4.69) is 6.07 Å². The molecule has 0 atom stereocenters. The molecule has 2 N–H and O–H groups in total. The van der Waals surface area contributed by atoms with Crippen molar-refractivity contribution in [2.45, 2.75) is 0 Å². The van der Waals surface area contributed by atoms with Crippen LogP contribution < -0.4 is 0 Å². The highest BCUT2D eigenvalue weighted by Crippen LogP contribution is 2.33. The number of rotatable bonds is 3. The zero-order chi connectivity index (χ0) is 16.9. The van der Waals surface area contributed by atoms with Crippen LogP contribution in [0.2, 0.25) is 0 Å². The molecule has 3 aromatic rings. The van der Waals surface area contributed by atoms with Gasteiger partial charge in [-0.05, 0) is 53.1 Å². The van der Waals surface area contributed by atoms with E-state index in [0.29, 0.717) is 5.57 Å². The summed E-state index contributed by atoms with van der Waals surface area (Å²) in [6.07, 6.45) is 0. The third-order valence-corrected chi connectivity index (χ3v) is 3.74. The molecular weight excluding hydrogens is 298 g/mol. The molecule has 116 valence electrons. The van der Waals surface area contributed by atoms with Crippen molar-refractivity contribution in [3.63, 3.8) is 0 Å². The monoisotopic (exact) mass is 313 g/mol. The molecule has 0 aromatic heterocycles. The Morgan fingerprint density at radius 3 is 1.58 bits per heavy atom. The van der Waals surface area contributed by atoms with Crippen molar-refractivity contribution in [2.24, 2.45) is 0 Å². The Balaban J connectivity index is 2.28. The molecule has 24 heavy (non-hydrogen) atoms. The molecule has 0 saturated heterocycles. The molecule has 0 heterocycles. The number of nitriles is 1. The van der Waals surface area contributed by atoms with Gasteiger partial charge in [-0.15, -0.1) is 0 Å². The zero-order valence-corrected chi connectivity index (χ0v) is 12.8. The Kier molecular flexibility index (Phi) is 4.31. The van der Waals surface area contributed by atoms with E-state index in [1.807, 2.05) is 30.3 Å². The van der Waals surface area contributed by atoms with Gasteiger partial charge in [-0.1, -0.05) is 42.5 Å². The van der Waals surface area contributed by atoms with Crippen molar-refractivity contribution in [1.82, 2.24) is 0 Å². The maximum atomic E-state index is 9.78. The summed E-state index contributed by atoms with van der Waals surface area (Å²) in [5.74, 6) is 0.330. The maximum Gasteiger partial charge on any atom is 0.115 e. The molecule has 0 radical (unpaired) electrons. The second-order valence-corrected chi connectivity index (χ2v) is 5.32. The van der Waals surface area contributed by atoms with Crippen molar-refractivity contribution in [3.05, 3.63) is 95.6 Å². The molecule has 0 amide bonds. The minimum absolute atomic E-state index is 0.155. The quantitative estimate of drug-likeness (QED) is 0.549. The number of allylic oxidation sites excluding steroid dienone is 1. The van der Waals surface area contributed by atoms with Crippen LogP contribution in [0.25, 0.3) is 11.1 Å². The SMILES string of the molecule is N#CC(=C(c1ccccc1)c1ccc(O)cc1)c1ccc(O)cc1. The molecule has 3 nitrogen and oxygen atoms in total. The summed E-state index contributed by atoms with van der Waals surface area (Å²) in [5, 5.41) is 28.8. The van der Waals surface area contributed by atoms with E-state index in [0.717, 1.165) is 22.3 Å². The van der Waals surface area contributed by atoms with Crippen molar-refractivity contribution in [2.75, 3.05) is 0 Å². The lowest BCUT2D eigenvalue weighted by Crippen LogP contribution is -1.93. The lowest BCUT2D eigenvalue weighted by Gasteiger charge is -2.12. The molecule has 3 heteroatoms. The van der Waals surface area contributed by atoms with Crippen LogP contribution in [-0.4, -0.2) is 10.2 Å². The molecule has 0 aliphatic rings. The number of phenols is 2. The van der Waals surface area contributed by atoms with E-state index in [4.69, 9.17) is 0 Å². The van der Waals surface area contributed by atoms with E-state index in [1.165, 1.54) is 0 Å². The highest BCUT2D eigenvalue weighted by Gasteiger charge is 2.14. The van der Waals surface area contributed by atoms with Crippen molar-refractivity contribution >= 4 is 11.1 Å². The molecule has 0 aliphatic heterocycles. The summed E-state index contributed by atoms with van der Waals surface area (Å²) in [5.41, 5.74) is 3.76. The number of nitrogens with zero attached hydrogens (tertiary/aromatic N) is 1. The minimum Gasteiger partial charge on any atom is -0.508 e. The number of hydrogen-bond donors (Lipinski definition) is 2. The van der Waals surface area contributed by atoms with Crippen LogP contribution in [0.15, 0.2) is 78.9 Å². The average Bonchev–Trinajstić information content (AvgIpc) is 2.62. The largest absolute Gasteiger partial charge is 0.508 e. The summed E-state index contributed by atoms with van der Waals surface area (Å²) in [4.78, 5) is 0. The van der Waals surface area contributed by atoms with Crippen molar-refractivity contribution < 1.29 is 10.2 Å². The van der Waals surface area contributed by atoms with Gasteiger partial charge in [-0.2, -0.15) is 5.26 Å². The predicted molar refractivity (Wildman–Crippen MR) is 94.2 cm³/mol. The van der Waals surface area contributed by atoms with Gasteiger partial charge in [0.25, 0.3) is 0 Å². The smallest absolute Gasteiger partial charge is 0.115 e. The molecule has 0 aliphatic carbocycles. The van der Waals surface area contributed by atoms with Gasteiger partial charge in [0.15, 0.2) is 0 Å². The third-order valence-electron chi connectivity index (χ3n) is 3.74. The third kappa shape index (κ3) is 3.13. The van der Waals surface area contributed by atoms with E-state index in [9.17, 15) is 15.5 Å². The topological polar surface area (TPSA) is 64.2 Å². The first kappa shape index (κ1) is 15.4. The highest BCUT2D eigenvalue weighted by molar-refractivity contribution is 6.03. The Morgan fingerprint density at radius 1 is 0.625 bits per heavy atom. The molecule has 3 rings (SSSR count). The van der Waals surface area contributed by atoms with Crippen LogP contribution >= 0.6 is 0 Å². The predicted octanol–water partition coefficient (Wildman–Crippen LogP) is 4.58. The van der Waals surface area contributed by atoms with Gasteiger partial charge in [-0.3, -0.25) is 0 Å². The van der Waals surface area contributed by atoms with Crippen molar-refractivity contribution in [3.8, 4) is 17.6 Å². The summed E-state index contributed by atoms with van der Waals surface area (Å²) in [6.45, 7) is 0. The fraction of sp³-hybridized carbons (Fsp3) is 0. The Morgan fingerprint density at radius 2 is 1.08 bits per heavy atom. The lowest BCUT2D eigenvalue weighted by atomic mass is 9.90. The fourth-order valence-corrected chi connectivity index (χ4v) is 2.58. The van der Waals surface area contributed by atoms with Gasteiger partial charge in [-0.25, -0.2) is 0 Å². The van der Waals surface area contributed by atoms with Crippen LogP contribution in [0, 0.1) is 11.3 Å². The number of aromatic hydroxyl groups is 2. The van der Waals surface area contributed by atoms with Crippen LogP contribution in [0.1, 0.15) is 16.7 Å². The van der Waals surface area contributed by atoms with Gasteiger partial charge in [0.2, 0.25) is 0 Å². The standard InChI is InChI=1S/C21H15NO2/c22-14-20(15-6-10-18(23)11-7-15)21(16-4-2-1-3-5-16)17-8-12-19(24)13-9-17/h1-13,23-24H. The summed E-state index contributed by atoms with van der Waals surface area (Å²) in [7, 11) is 0. The molecule has 0 fully saturated rings. The van der Waals surface area contributed by atoms with E-state index < -0.39 is 0 Å². The fourth-order valence-electron chi connectivity index (χ4n) is 2.58. The van der Waals surface area contributed by atoms with Crippen molar-refractivity contribution in [1.29, 1.82) is 5.26 Å². The Labute approximate surface area is 140 Å². The zero-order valence-electron chi connectivity index (χ0n) is 12.8. The Bertz CT molecular complexity index is 903. The summed E-state index contributed by atoms with van der Waals surface area (Å²) < 4.78 is 0. The Hall–Kier alpha value is -3.51. The number of benzene rings is 3. The van der Waals surface area contributed by atoms with Crippen LogP contribution in [0.4, 0.5) is 0 Å². The van der Waals surface area contributed by atoms with Crippen LogP contribution in [0.3, 0.4) is 0 Å².